The first kappa shape index (κ1) is 14.0. The molecule has 0 saturated carbocycles. The van der Waals surface area contributed by atoms with Gasteiger partial charge in [0.1, 0.15) is 6.17 Å². The Kier molecular flexibility index (Phi) is 4.32. The lowest BCUT2D eigenvalue weighted by Gasteiger charge is -2.35. The topological polar surface area (TPSA) is 32.3 Å². The summed E-state index contributed by atoms with van der Waals surface area (Å²) in [6.45, 7) is 2.08. The molecule has 1 N–H and O–H groups in total. The minimum absolute atomic E-state index is 0.0212. The number of carbonyl (C=O) groups excluding carboxylic acids is 1. The molecule has 3 unspecified atom stereocenters. The van der Waals surface area contributed by atoms with Crippen molar-refractivity contribution >= 4 is 17.7 Å². The van der Waals surface area contributed by atoms with Gasteiger partial charge in [0.15, 0.2) is 0 Å². The molecule has 0 spiro atoms. The number of nitrogens with zero attached hydrogens (tertiary/aromatic N) is 1. The highest BCUT2D eigenvalue weighted by Gasteiger charge is 2.42. The van der Waals surface area contributed by atoms with Crippen LogP contribution in [0, 0.1) is 0 Å². The number of carbonyl (C=O) groups is 1. The number of hydrogen-bond donors (Lipinski definition) is 1. The van der Waals surface area contributed by atoms with Gasteiger partial charge in [-0.05, 0) is 30.6 Å². The lowest BCUT2D eigenvalue weighted by Crippen LogP contribution is -2.43. The molecular weight excluding hydrogens is 268 g/mol. The Balaban J connectivity index is 1.87. The third kappa shape index (κ3) is 2.59. The van der Waals surface area contributed by atoms with E-state index in [9.17, 15) is 4.79 Å². The fraction of sp³-hybridized carbons (Fsp3) is 0.562. The Morgan fingerprint density at radius 1 is 1.35 bits per heavy atom. The molecule has 1 amide bonds. The highest BCUT2D eigenvalue weighted by atomic mass is 32.2. The zero-order chi connectivity index (χ0) is 13.9. The zero-order valence-corrected chi connectivity index (χ0v) is 12.7. The molecule has 3 nitrogen and oxygen atoms in total. The molecule has 2 saturated heterocycles. The van der Waals surface area contributed by atoms with Gasteiger partial charge in [-0.25, -0.2) is 0 Å². The van der Waals surface area contributed by atoms with Gasteiger partial charge in [-0.3, -0.25) is 10.1 Å². The van der Waals surface area contributed by atoms with Crippen LogP contribution >= 0.6 is 11.8 Å². The van der Waals surface area contributed by atoms with Crippen molar-refractivity contribution in [1.82, 2.24) is 10.2 Å². The van der Waals surface area contributed by atoms with Crippen LogP contribution in [0.2, 0.25) is 0 Å². The number of amides is 1. The van der Waals surface area contributed by atoms with Crippen molar-refractivity contribution in [2.75, 3.05) is 11.5 Å². The molecule has 3 rings (SSSR count). The van der Waals surface area contributed by atoms with Crippen molar-refractivity contribution in [3.05, 3.63) is 35.9 Å². The molecule has 1 aromatic rings. The van der Waals surface area contributed by atoms with Crippen LogP contribution in [0.4, 0.5) is 0 Å². The molecule has 4 heteroatoms. The van der Waals surface area contributed by atoms with Crippen molar-refractivity contribution in [3.63, 3.8) is 0 Å². The van der Waals surface area contributed by atoms with Gasteiger partial charge in [0.2, 0.25) is 5.91 Å². The standard InChI is InChI=1S/C16H22N2OS/c1-2-14-16(19)18(13-9-6-10-20-11-13)15(17-14)12-7-4-3-5-8-12/h3-5,7-8,13-15,17H,2,6,9-11H2,1H3. The lowest BCUT2D eigenvalue weighted by atomic mass is 10.1. The Morgan fingerprint density at radius 3 is 2.80 bits per heavy atom. The van der Waals surface area contributed by atoms with Crippen LogP contribution in [-0.4, -0.2) is 34.4 Å². The van der Waals surface area contributed by atoms with Crippen LogP contribution in [0.3, 0.4) is 0 Å². The van der Waals surface area contributed by atoms with E-state index in [1.165, 1.54) is 17.7 Å². The molecule has 2 aliphatic rings. The number of rotatable bonds is 3. The van der Waals surface area contributed by atoms with E-state index in [0.29, 0.717) is 6.04 Å². The van der Waals surface area contributed by atoms with Crippen LogP contribution in [0.25, 0.3) is 0 Å². The first-order chi connectivity index (χ1) is 9.81. The molecule has 2 fully saturated rings. The molecule has 2 aliphatic heterocycles. The molecular formula is C16H22N2OS. The van der Waals surface area contributed by atoms with E-state index < -0.39 is 0 Å². The second kappa shape index (κ2) is 6.19. The van der Waals surface area contributed by atoms with Gasteiger partial charge >= 0.3 is 0 Å². The molecule has 2 heterocycles. The number of benzene rings is 1. The minimum Gasteiger partial charge on any atom is -0.318 e. The minimum atomic E-state index is -0.0212. The first-order valence-corrected chi connectivity index (χ1v) is 8.67. The summed E-state index contributed by atoms with van der Waals surface area (Å²) < 4.78 is 0. The van der Waals surface area contributed by atoms with E-state index >= 15 is 0 Å². The highest BCUT2D eigenvalue weighted by Crippen LogP contribution is 2.33. The van der Waals surface area contributed by atoms with Crippen LogP contribution < -0.4 is 5.32 Å². The van der Waals surface area contributed by atoms with Gasteiger partial charge in [-0.15, -0.1) is 0 Å². The van der Waals surface area contributed by atoms with E-state index in [0.717, 1.165) is 18.6 Å². The van der Waals surface area contributed by atoms with Crippen molar-refractivity contribution < 1.29 is 4.79 Å². The summed E-state index contributed by atoms with van der Waals surface area (Å²) in [6.07, 6.45) is 3.27. The van der Waals surface area contributed by atoms with Gasteiger partial charge in [0.25, 0.3) is 0 Å². The molecule has 108 valence electrons. The first-order valence-electron chi connectivity index (χ1n) is 7.52. The van der Waals surface area contributed by atoms with Crippen molar-refractivity contribution in [2.45, 2.75) is 44.4 Å². The van der Waals surface area contributed by atoms with E-state index in [4.69, 9.17) is 0 Å². The van der Waals surface area contributed by atoms with E-state index in [1.807, 2.05) is 17.8 Å². The van der Waals surface area contributed by atoms with Crippen LogP contribution in [0.15, 0.2) is 30.3 Å². The maximum Gasteiger partial charge on any atom is 0.241 e. The normalized spacial score (nSPS) is 30.8. The molecule has 0 aliphatic carbocycles. The Hall–Kier alpha value is -1.00. The molecule has 0 bridgehead atoms. The highest BCUT2D eigenvalue weighted by molar-refractivity contribution is 7.99. The summed E-state index contributed by atoms with van der Waals surface area (Å²) in [7, 11) is 0. The summed E-state index contributed by atoms with van der Waals surface area (Å²) in [5, 5.41) is 3.52. The average Bonchev–Trinajstić information content (AvgIpc) is 2.86. The zero-order valence-electron chi connectivity index (χ0n) is 11.9. The van der Waals surface area contributed by atoms with Crippen molar-refractivity contribution in [3.8, 4) is 0 Å². The Morgan fingerprint density at radius 2 is 2.15 bits per heavy atom. The lowest BCUT2D eigenvalue weighted by molar-refractivity contribution is -0.132. The fourth-order valence-corrected chi connectivity index (χ4v) is 4.30. The van der Waals surface area contributed by atoms with Crippen LogP contribution in [0.5, 0.6) is 0 Å². The number of hydrogen-bond acceptors (Lipinski definition) is 3. The smallest absolute Gasteiger partial charge is 0.241 e. The second-order valence-electron chi connectivity index (χ2n) is 5.56. The van der Waals surface area contributed by atoms with Gasteiger partial charge in [0, 0.05) is 11.8 Å². The summed E-state index contributed by atoms with van der Waals surface area (Å²) in [6, 6.07) is 10.7. The van der Waals surface area contributed by atoms with Crippen LogP contribution in [-0.2, 0) is 4.79 Å². The number of nitrogens with one attached hydrogen (secondary N) is 1. The maximum absolute atomic E-state index is 12.7. The van der Waals surface area contributed by atoms with E-state index in [2.05, 4.69) is 41.4 Å². The Bertz CT molecular complexity index is 459. The predicted molar refractivity (Wildman–Crippen MR) is 83.6 cm³/mol. The van der Waals surface area contributed by atoms with Crippen molar-refractivity contribution in [2.24, 2.45) is 0 Å². The molecule has 0 aromatic heterocycles. The van der Waals surface area contributed by atoms with Gasteiger partial charge < -0.3 is 4.90 Å². The average molecular weight is 290 g/mol. The monoisotopic (exact) mass is 290 g/mol. The second-order valence-corrected chi connectivity index (χ2v) is 6.71. The Labute approximate surface area is 125 Å². The summed E-state index contributed by atoms with van der Waals surface area (Å²) in [5.74, 6) is 2.60. The molecule has 1 aromatic carbocycles. The van der Waals surface area contributed by atoms with Gasteiger partial charge in [-0.1, -0.05) is 37.3 Å². The quantitative estimate of drug-likeness (QED) is 0.929. The van der Waals surface area contributed by atoms with E-state index in [-0.39, 0.29) is 18.1 Å². The number of thioether (sulfide) groups is 1. The maximum atomic E-state index is 12.7. The third-order valence-corrected chi connectivity index (χ3v) is 5.44. The molecule has 3 atom stereocenters. The van der Waals surface area contributed by atoms with E-state index in [1.54, 1.807) is 0 Å². The third-order valence-electron chi connectivity index (χ3n) is 4.24. The summed E-state index contributed by atoms with van der Waals surface area (Å²) in [5.41, 5.74) is 1.20. The summed E-state index contributed by atoms with van der Waals surface area (Å²) >= 11 is 1.98. The van der Waals surface area contributed by atoms with Gasteiger partial charge in [-0.2, -0.15) is 11.8 Å². The van der Waals surface area contributed by atoms with Crippen molar-refractivity contribution in [1.29, 1.82) is 0 Å². The SMILES string of the molecule is CCC1NC(c2ccccc2)N(C2CCCSC2)C1=O. The fourth-order valence-electron chi connectivity index (χ4n) is 3.17. The van der Waals surface area contributed by atoms with Crippen LogP contribution in [0.1, 0.15) is 37.9 Å². The molecule has 0 radical (unpaired) electrons. The molecule has 20 heavy (non-hydrogen) atoms. The predicted octanol–water partition coefficient (Wildman–Crippen LogP) is 2.79. The van der Waals surface area contributed by atoms with Gasteiger partial charge in [0.05, 0.1) is 6.04 Å². The summed E-state index contributed by atoms with van der Waals surface area (Å²) in [4.78, 5) is 14.8. The largest absolute Gasteiger partial charge is 0.318 e.